The van der Waals surface area contributed by atoms with E-state index >= 15 is 0 Å². The molecule has 0 heterocycles. The van der Waals surface area contributed by atoms with E-state index in [1.54, 1.807) is 0 Å². The highest BCUT2D eigenvalue weighted by atomic mass is 16.3. The molecule has 0 fully saturated rings. The molecule has 0 aliphatic heterocycles. The first-order valence-electron chi connectivity index (χ1n) is 7.99. The molecule has 128 valence electrons. The predicted molar refractivity (Wildman–Crippen MR) is 98.4 cm³/mol. The van der Waals surface area contributed by atoms with Crippen LogP contribution >= 0.6 is 0 Å². The Morgan fingerprint density at radius 3 is 2.52 bits per heavy atom. The van der Waals surface area contributed by atoms with Gasteiger partial charge in [-0.15, -0.1) is 0 Å². The number of aromatic hydroxyl groups is 2. The van der Waals surface area contributed by atoms with Gasteiger partial charge in [-0.2, -0.15) is 5.26 Å². The summed E-state index contributed by atoms with van der Waals surface area (Å²) in [5.74, 6) is -0.788. The van der Waals surface area contributed by atoms with Crippen LogP contribution in [-0.4, -0.2) is 15.9 Å². The van der Waals surface area contributed by atoms with E-state index < -0.39 is 5.75 Å². The fourth-order valence-corrected chi connectivity index (χ4v) is 2.79. The highest BCUT2D eigenvalue weighted by molar-refractivity contribution is 6.15. The van der Waals surface area contributed by atoms with Crippen LogP contribution in [0.4, 0.5) is 0 Å². The smallest absolute Gasteiger partial charge is 0.158 e. The quantitative estimate of drug-likeness (QED) is 0.372. The fraction of sp³-hybridized carbons (Fsp3) is 0.200. The number of hydrogen-bond donors (Lipinski definition) is 4. The third kappa shape index (κ3) is 3.64. The summed E-state index contributed by atoms with van der Waals surface area (Å²) >= 11 is 0. The molecule has 2 rings (SSSR count). The third-order valence-electron chi connectivity index (χ3n) is 4.27. The van der Waals surface area contributed by atoms with E-state index in [9.17, 15) is 15.5 Å². The number of hydrogen-bond acceptors (Lipinski definition) is 5. The third-order valence-corrected chi connectivity index (χ3v) is 4.27. The molecule has 1 aliphatic carbocycles. The number of benzene rings is 1. The van der Waals surface area contributed by atoms with Crippen molar-refractivity contribution in [1.29, 1.82) is 10.7 Å². The molecule has 0 aromatic heterocycles. The van der Waals surface area contributed by atoms with Gasteiger partial charge in [0.15, 0.2) is 11.5 Å². The topological polar surface area (TPSA) is 114 Å². The van der Waals surface area contributed by atoms with Crippen LogP contribution in [0, 0.1) is 16.7 Å². The molecule has 5 N–H and O–H groups in total. The van der Waals surface area contributed by atoms with Gasteiger partial charge in [-0.3, -0.25) is 5.41 Å². The standard InChI is InChI=1S/C20H21N3O2/c1-3-12-5-7-13(8-6-12)19(16(22)4-2)20(23)15-10-18(25)17(24)9-14(15)11-21/h4-5,7,9-10,23-25H,2-3,6,8,22H2,1H3/b19-16-,23-20?. The minimum absolute atomic E-state index is 0.0175. The van der Waals surface area contributed by atoms with Gasteiger partial charge in [-0.25, -0.2) is 0 Å². The maximum absolute atomic E-state index is 9.78. The van der Waals surface area contributed by atoms with Crippen LogP contribution in [0.2, 0.25) is 0 Å². The van der Waals surface area contributed by atoms with Gasteiger partial charge >= 0.3 is 0 Å². The Morgan fingerprint density at radius 2 is 2.00 bits per heavy atom. The van der Waals surface area contributed by atoms with Gasteiger partial charge < -0.3 is 15.9 Å². The molecule has 5 heteroatoms. The molecule has 5 nitrogen and oxygen atoms in total. The SMILES string of the molecule is C=C/C(N)=C(/C(=N)c1cc(O)c(O)cc1C#N)C1=CC=C(CC)CC1. The van der Waals surface area contributed by atoms with Crippen molar-refractivity contribution in [2.45, 2.75) is 26.2 Å². The lowest BCUT2D eigenvalue weighted by Gasteiger charge is -2.20. The maximum Gasteiger partial charge on any atom is 0.158 e. The molecule has 0 radical (unpaired) electrons. The highest BCUT2D eigenvalue weighted by Crippen LogP contribution is 2.33. The van der Waals surface area contributed by atoms with E-state index in [-0.39, 0.29) is 22.6 Å². The summed E-state index contributed by atoms with van der Waals surface area (Å²) in [6, 6.07) is 4.30. The molecule has 0 unspecified atom stereocenters. The number of allylic oxidation sites excluding steroid dienone is 6. The normalized spacial score (nSPS) is 14.7. The zero-order chi connectivity index (χ0) is 18.6. The van der Waals surface area contributed by atoms with Crippen molar-refractivity contribution >= 4 is 5.71 Å². The summed E-state index contributed by atoms with van der Waals surface area (Å²) in [7, 11) is 0. The molecular formula is C20H21N3O2. The minimum Gasteiger partial charge on any atom is -0.504 e. The molecule has 25 heavy (non-hydrogen) atoms. The van der Waals surface area contributed by atoms with E-state index in [2.05, 4.69) is 13.5 Å². The summed E-state index contributed by atoms with van der Waals surface area (Å²) in [5.41, 5.74) is 9.43. The Labute approximate surface area is 147 Å². The van der Waals surface area contributed by atoms with Crippen molar-refractivity contribution in [2.24, 2.45) is 5.73 Å². The van der Waals surface area contributed by atoms with Gasteiger partial charge in [0.2, 0.25) is 0 Å². The molecular weight excluding hydrogens is 314 g/mol. The van der Waals surface area contributed by atoms with Crippen molar-refractivity contribution < 1.29 is 10.2 Å². The maximum atomic E-state index is 9.78. The molecule has 0 spiro atoms. The van der Waals surface area contributed by atoms with Gasteiger partial charge in [0.1, 0.15) is 0 Å². The summed E-state index contributed by atoms with van der Waals surface area (Å²) in [5, 5.41) is 37.2. The molecule has 0 bridgehead atoms. The van der Waals surface area contributed by atoms with Crippen LogP contribution in [0.5, 0.6) is 11.5 Å². The lowest BCUT2D eigenvalue weighted by Crippen LogP contribution is -2.15. The van der Waals surface area contributed by atoms with Crippen LogP contribution in [0.25, 0.3) is 0 Å². The molecule has 1 aromatic carbocycles. The number of nitrogens with two attached hydrogens (primary N) is 1. The van der Waals surface area contributed by atoms with E-state index in [4.69, 9.17) is 11.1 Å². The lowest BCUT2D eigenvalue weighted by molar-refractivity contribution is 0.403. The van der Waals surface area contributed by atoms with Crippen LogP contribution in [0.15, 0.2) is 59.4 Å². The summed E-state index contributed by atoms with van der Waals surface area (Å²) in [4.78, 5) is 0. The second kappa shape index (κ2) is 7.54. The van der Waals surface area contributed by atoms with E-state index in [0.717, 1.165) is 30.9 Å². The minimum atomic E-state index is -0.400. The Kier molecular flexibility index (Phi) is 5.45. The van der Waals surface area contributed by atoms with Crippen molar-refractivity contribution in [3.63, 3.8) is 0 Å². The summed E-state index contributed by atoms with van der Waals surface area (Å²) in [6.07, 6.45) is 8.03. The monoisotopic (exact) mass is 335 g/mol. The van der Waals surface area contributed by atoms with Gasteiger partial charge in [-0.05, 0) is 37.0 Å². The molecule has 1 aromatic rings. The Morgan fingerprint density at radius 1 is 1.32 bits per heavy atom. The fourth-order valence-electron chi connectivity index (χ4n) is 2.79. The second-order valence-electron chi connectivity index (χ2n) is 5.78. The zero-order valence-electron chi connectivity index (χ0n) is 14.1. The van der Waals surface area contributed by atoms with E-state index in [1.165, 1.54) is 17.7 Å². The van der Waals surface area contributed by atoms with Crippen molar-refractivity contribution in [3.05, 3.63) is 70.5 Å². The first-order valence-corrected chi connectivity index (χ1v) is 7.99. The molecule has 0 atom stereocenters. The highest BCUT2D eigenvalue weighted by Gasteiger charge is 2.21. The van der Waals surface area contributed by atoms with Crippen LogP contribution < -0.4 is 5.73 Å². The average molecular weight is 335 g/mol. The van der Waals surface area contributed by atoms with Crippen LogP contribution in [0.3, 0.4) is 0 Å². The second-order valence-corrected chi connectivity index (χ2v) is 5.78. The Balaban J connectivity index is 2.59. The Hall–Kier alpha value is -3.26. The van der Waals surface area contributed by atoms with Gasteiger partial charge in [0.25, 0.3) is 0 Å². The van der Waals surface area contributed by atoms with Crippen LogP contribution in [0.1, 0.15) is 37.3 Å². The number of rotatable bonds is 5. The number of nitrogens with one attached hydrogen (secondary N) is 1. The number of nitriles is 1. The molecule has 0 amide bonds. The lowest BCUT2D eigenvalue weighted by atomic mass is 9.85. The zero-order valence-corrected chi connectivity index (χ0v) is 14.1. The van der Waals surface area contributed by atoms with Gasteiger partial charge in [0.05, 0.1) is 17.3 Å². The van der Waals surface area contributed by atoms with Crippen molar-refractivity contribution in [2.75, 3.05) is 0 Å². The molecule has 0 saturated heterocycles. The molecule has 0 saturated carbocycles. The van der Waals surface area contributed by atoms with Crippen LogP contribution in [-0.2, 0) is 0 Å². The van der Waals surface area contributed by atoms with Gasteiger partial charge in [-0.1, -0.05) is 31.2 Å². The first-order chi connectivity index (χ1) is 11.9. The summed E-state index contributed by atoms with van der Waals surface area (Å²) < 4.78 is 0. The molecule has 1 aliphatic rings. The Bertz CT molecular complexity index is 868. The number of phenols is 2. The average Bonchev–Trinajstić information content (AvgIpc) is 2.63. The van der Waals surface area contributed by atoms with E-state index in [1.807, 2.05) is 18.2 Å². The summed E-state index contributed by atoms with van der Waals surface area (Å²) in [6.45, 7) is 5.78. The van der Waals surface area contributed by atoms with Gasteiger partial charge in [0, 0.05) is 22.9 Å². The number of nitrogens with zero attached hydrogens (tertiary/aromatic N) is 1. The number of phenolic OH excluding ortho intramolecular Hbond substituents is 2. The first kappa shape index (κ1) is 18.1. The van der Waals surface area contributed by atoms with Crippen molar-refractivity contribution in [1.82, 2.24) is 0 Å². The van der Waals surface area contributed by atoms with E-state index in [0.29, 0.717) is 11.3 Å². The van der Waals surface area contributed by atoms with Crippen molar-refractivity contribution in [3.8, 4) is 17.6 Å². The predicted octanol–water partition coefficient (Wildman–Crippen LogP) is 3.79. The largest absolute Gasteiger partial charge is 0.504 e.